The highest BCUT2D eigenvalue weighted by Crippen LogP contribution is 2.27. The molecule has 0 spiro atoms. The van der Waals surface area contributed by atoms with Gasteiger partial charge in [-0.2, -0.15) is 5.10 Å². The van der Waals surface area contributed by atoms with E-state index in [1.165, 1.54) is 0 Å². The van der Waals surface area contributed by atoms with Gasteiger partial charge in [-0.15, -0.1) is 0 Å². The summed E-state index contributed by atoms with van der Waals surface area (Å²) in [6.07, 6.45) is 1.73. The minimum absolute atomic E-state index is 0.160. The van der Waals surface area contributed by atoms with E-state index in [9.17, 15) is 4.79 Å². The molecule has 160 valence electrons. The van der Waals surface area contributed by atoms with Gasteiger partial charge in [0.05, 0.1) is 26.9 Å². The fourth-order valence-electron chi connectivity index (χ4n) is 2.88. The zero-order valence-corrected chi connectivity index (χ0v) is 18.9. The molecule has 0 aliphatic carbocycles. The molecule has 3 aromatic rings. The highest BCUT2D eigenvalue weighted by Gasteiger charge is 2.08. The fourth-order valence-corrected chi connectivity index (χ4v) is 3.26. The van der Waals surface area contributed by atoms with Crippen molar-refractivity contribution >= 4 is 28.1 Å². The molecule has 7 heteroatoms. The zero-order valence-electron chi connectivity index (χ0n) is 17.3. The normalized spacial score (nSPS) is 10.7. The molecular formula is C24H23BrN2O4. The number of carbonyl (C=O) groups is 1. The van der Waals surface area contributed by atoms with E-state index in [0.717, 1.165) is 21.2 Å². The minimum Gasteiger partial charge on any atom is -0.493 e. The maximum absolute atomic E-state index is 12.3. The van der Waals surface area contributed by atoms with E-state index in [2.05, 4.69) is 26.5 Å². The highest BCUT2D eigenvalue weighted by atomic mass is 79.9. The first-order valence-corrected chi connectivity index (χ1v) is 10.4. The van der Waals surface area contributed by atoms with Gasteiger partial charge in [-0.25, -0.2) is 5.43 Å². The van der Waals surface area contributed by atoms with Crippen LogP contribution < -0.4 is 19.6 Å². The predicted octanol–water partition coefficient (Wildman–Crippen LogP) is 4.74. The number of nitrogens with zero attached hydrogens (tertiary/aromatic N) is 1. The molecule has 3 aromatic carbocycles. The molecule has 0 atom stereocenters. The van der Waals surface area contributed by atoms with Gasteiger partial charge in [-0.1, -0.05) is 52.3 Å². The molecule has 6 nitrogen and oxygen atoms in total. The lowest BCUT2D eigenvalue weighted by molar-refractivity contribution is -0.120. The quantitative estimate of drug-likeness (QED) is 0.353. The van der Waals surface area contributed by atoms with E-state index in [4.69, 9.17) is 14.2 Å². The molecule has 0 aliphatic rings. The largest absolute Gasteiger partial charge is 0.493 e. The minimum atomic E-state index is -0.245. The molecule has 0 saturated heterocycles. The van der Waals surface area contributed by atoms with Gasteiger partial charge in [-0.05, 0) is 41.5 Å². The second kappa shape index (κ2) is 11.2. The lowest BCUT2D eigenvalue weighted by Crippen LogP contribution is -2.19. The van der Waals surface area contributed by atoms with Gasteiger partial charge in [-0.3, -0.25) is 4.79 Å². The number of rotatable bonds is 9. The highest BCUT2D eigenvalue weighted by molar-refractivity contribution is 9.10. The molecule has 0 fully saturated rings. The molecule has 0 bridgehead atoms. The Kier molecular flexibility index (Phi) is 8.06. The van der Waals surface area contributed by atoms with Crippen LogP contribution in [0, 0.1) is 0 Å². The van der Waals surface area contributed by atoms with Crippen molar-refractivity contribution in [2.45, 2.75) is 13.0 Å². The van der Waals surface area contributed by atoms with E-state index < -0.39 is 0 Å². The van der Waals surface area contributed by atoms with Crippen LogP contribution in [0.25, 0.3) is 0 Å². The Morgan fingerprint density at radius 2 is 1.68 bits per heavy atom. The average Bonchev–Trinajstić information content (AvgIpc) is 2.79. The van der Waals surface area contributed by atoms with Gasteiger partial charge in [0.2, 0.25) is 5.91 Å². The number of nitrogens with one attached hydrogen (secondary N) is 1. The Morgan fingerprint density at radius 1 is 0.935 bits per heavy atom. The van der Waals surface area contributed by atoms with Crippen molar-refractivity contribution in [3.63, 3.8) is 0 Å². The maximum atomic E-state index is 12.3. The van der Waals surface area contributed by atoms with Crippen molar-refractivity contribution in [2.24, 2.45) is 5.10 Å². The van der Waals surface area contributed by atoms with Crippen LogP contribution in [0.2, 0.25) is 0 Å². The Labute approximate surface area is 190 Å². The molecule has 0 radical (unpaired) electrons. The Morgan fingerprint density at radius 3 is 2.42 bits per heavy atom. The van der Waals surface area contributed by atoms with Gasteiger partial charge >= 0.3 is 0 Å². The van der Waals surface area contributed by atoms with E-state index in [-0.39, 0.29) is 12.3 Å². The van der Waals surface area contributed by atoms with Crippen molar-refractivity contribution in [3.05, 3.63) is 87.9 Å². The second-order valence-electron chi connectivity index (χ2n) is 6.62. The van der Waals surface area contributed by atoms with Gasteiger partial charge in [0.15, 0.2) is 11.5 Å². The van der Waals surface area contributed by atoms with Crippen LogP contribution in [-0.2, 0) is 17.8 Å². The van der Waals surface area contributed by atoms with E-state index in [1.54, 1.807) is 32.6 Å². The van der Waals surface area contributed by atoms with Crippen LogP contribution in [0.5, 0.6) is 17.2 Å². The van der Waals surface area contributed by atoms with Crippen LogP contribution in [0.1, 0.15) is 16.7 Å². The van der Waals surface area contributed by atoms with Crippen LogP contribution >= 0.6 is 15.9 Å². The standard InChI is InChI=1S/C24H23BrN2O4/c1-29-22-10-8-18(12-23(22)30-2)13-24(28)27-26-15-19-14-20(25)9-11-21(19)31-16-17-6-4-3-5-7-17/h3-12,14-15H,13,16H2,1-2H3,(H,27,28). The number of amides is 1. The summed E-state index contributed by atoms with van der Waals surface area (Å²) in [4.78, 5) is 12.3. The number of carbonyl (C=O) groups excluding carboxylic acids is 1. The Hall–Kier alpha value is -3.32. The lowest BCUT2D eigenvalue weighted by Gasteiger charge is -2.10. The number of hydrazone groups is 1. The van der Waals surface area contributed by atoms with Gasteiger partial charge < -0.3 is 14.2 Å². The van der Waals surface area contributed by atoms with E-state index >= 15 is 0 Å². The summed E-state index contributed by atoms with van der Waals surface area (Å²) in [5, 5.41) is 4.09. The first-order chi connectivity index (χ1) is 15.1. The van der Waals surface area contributed by atoms with Gasteiger partial charge in [0, 0.05) is 10.0 Å². The summed E-state index contributed by atoms with van der Waals surface area (Å²) < 4.78 is 17.3. The third-order valence-corrected chi connectivity index (χ3v) is 4.91. The van der Waals surface area contributed by atoms with Crippen molar-refractivity contribution in [1.82, 2.24) is 5.43 Å². The number of hydrogen-bond acceptors (Lipinski definition) is 5. The van der Waals surface area contributed by atoms with Crippen LogP contribution in [-0.4, -0.2) is 26.3 Å². The molecule has 1 N–H and O–H groups in total. The third-order valence-electron chi connectivity index (χ3n) is 4.41. The Balaban J connectivity index is 1.62. The van der Waals surface area contributed by atoms with Gasteiger partial charge in [0.25, 0.3) is 0 Å². The number of hydrogen-bond donors (Lipinski definition) is 1. The number of halogens is 1. The summed E-state index contributed by atoms with van der Waals surface area (Å²) in [6, 6.07) is 20.9. The molecule has 31 heavy (non-hydrogen) atoms. The lowest BCUT2D eigenvalue weighted by atomic mass is 10.1. The maximum Gasteiger partial charge on any atom is 0.244 e. The van der Waals surface area contributed by atoms with Crippen molar-refractivity contribution in [2.75, 3.05) is 14.2 Å². The Bertz CT molecular complexity index is 1050. The third kappa shape index (κ3) is 6.58. The van der Waals surface area contributed by atoms with Gasteiger partial charge in [0.1, 0.15) is 12.4 Å². The fraction of sp³-hybridized carbons (Fsp3) is 0.167. The monoisotopic (exact) mass is 482 g/mol. The number of ether oxygens (including phenoxy) is 3. The number of methoxy groups -OCH3 is 2. The summed E-state index contributed by atoms with van der Waals surface area (Å²) in [5.41, 5.74) is 5.16. The van der Waals surface area contributed by atoms with Crippen molar-refractivity contribution in [1.29, 1.82) is 0 Å². The van der Waals surface area contributed by atoms with E-state index in [1.807, 2.05) is 54.6 Å². The molecule has 3 rings (SSSR count). The van der Waals surface area contributed by atoms with Crippen LogP contribution in [0.3, 0.4) is 0 Å². The smallest absolute Gasteiger partial charge is 0.244 e. The summed E-state index contributed by atoms with van der Waals surface area (Å²) in [5.74, 6) is 1.61. The first kappa shape index (κ1) is 22.4. The molecule has 0 aromatic heterocycles. The van der Waals surface area contributed by atoms with Crippen LogP contribution in [0.4, 0.5) is 0 Å². The van der Waals surface area contributed by atoms with Crippen molar-refractivity contribution < 1.29 is 19.0 Å². The molecule has 0 saturated carbocycles. The summed E-state index contributed by atoms with van der Waals surface area (Å²) in [6.45, 7) is 0.439. The topological polar surface area (TPSA) is 69.2 Å². The first-order valence-electron chi connectivity index (χ1n) is 9.58. The summed E-state index contributed by atoms with van der Waals surface area (Å²) >= 11 is 3.46. The molecule has 0 heterocycles. The predicted molar refractivity (Wildman–Crippen MR) is 124 cm³/mol. The SMILES string of the molecule is COc1ccc(CC(=O)NN=Cc2cc(Br)ccc2OCc2ccccc2)cc1OC. The molecule has 0 unspecified atom stereocenters. The molecular weight excluding hydrogens is 460 g/mol. The molecule has 1 amide bonds. The summed E-state index contributed by atoms with van der Waals surface area (Å²) in [7, 11) is 3.13. The molecule has 0 aliphatic heterocycles. The number of benzene rings is 3. The zero-order chi connectivity index (χ0) is 22.1. The van der Waals surface area contributed by atoms with Crippen molar-refractivity contribution in [3.8, 4) is 17.2 Å². The average molecular weight is 483 g/mol. The second-order valence-corrected chi connectivity index (χ2v) is 7.53. The van der Waals surface area contributed by atoms with E-state index in [0.29, 0.717) is 23.9 Å². The van der Waals surface area contributed by atoms with Crippen LogP contribution in [0.15, 0.2) is 76.3 Å².